The molecule has 0 aliphatic carbocycles. The van der Waals surface area contributed by atoms with E-state index < -0.39 is 0 Å². The van der Waals surface area contributed by atoms with Gasteiger partial charge in [-0.25, -0.2) is 0 Å². The SMILES string of the molecule is C=C(C)CCC(NC)c1cc(C)cc(C)c1. The molecule has 0 aliphatic heterocycles. The van der Waals surface area contributed by atoms with Crippen molar-refractivity contribution in [1.82, 2.24) is 5.32 Å². The Labute approximate surface area is 99.6 Å². The number of allylic oxidation sites excluding steroid dienone is 1. The molecule has 1 atom stereocenters. The third kappa shape index (κ3) is 3.82. The van der Waals surface area contributed by atoms with E-state index in [1.54, 1.807) is 0 Å². The van der Waals surface area contributed by atoms with Gasteiger partial charge in [0.1, 0.15) is 0 Å². The molecule has 88 valence electrons. The lowest BCUT2D eigenvalue weighted by Crippen LogP contribution is -2.16. The van der Waals surface area contributed by atoms with Gasteiger partial charge >= 0.3 is 0 Å². The first-order valence-electron chi connectivity index (χ1n) is 5.92. The Kier molecular flexibility index (Phi) is 4.75. The minimum atomic E-state index is 0.440. The van der Waals surface area contributed by atoms with Gasteiger partial charge in [0.2, 0.25) is 0 Å². The fourth-order valence-corrected chi connectivity index (χ4v) is 2.08. The molecule has 1 unspecified atom stereocenters. The fraction of sp³-hybridized carbons (Fsp3) is 0.467. The quantitative estimate of drug-likeness (QED) is 0.737. The van der Waals surface area contributed by atoms with Gasteiger partial charge in [0.15, 0.2) is 0 Å². The highest BCUT2D eigenvalue weighted by Gasteiger charge is 2.09. The number of rotatable bonds is 5. The van der Waals surface area contributed by atoms with Crippen molar-refractivity contribution in [2.45, 2.75) is 39.7 Å². The van der Waals surface area contributed by atoms with Crippen molar-refractivity contribution < 1.29 is 0 Å². The van der Waals surface area contributed by atoms with E-state index in [1.165, 1.54) is 22.3 Å². The van der Waals surface area contributed by atoms with E-state index >= 15 is 0 Å². The first-order valence-corrected chi connectivity index (χ1v) is 5.92. The van der Waals surface area contributed by atoms with E-state index in [0.29, 0.717) is 6.04 Å². The van der Waals surface area contributed by atoms with Gasteiger partial charge in [-0.1, -0.05) is 34.9 Å². The maximum Gasteiger partial charge on any atom is 0.0320 e. The van der Waals surface area contributed by atoms with Crippen molar-refractivity contribution in [1.29, 1.82) is 0 Å². The third-order valence-corrected chi connectivity index (χ3v) is 2.85. The molecular formula is C15H23N. The lowest BCUT2D eigenvalue weighted by molar-refractivity contribution is 0.548. The summed E-state index contributed by atoms with van der Waals surface area (Å²) in [6.45, 7) is 10.4. The van der Waals surface area contributed by atoms with Crippen LogP contribution >= 0.6 is 0 Å². The molecule has 1 aromatic carbocycles. The molecule has 0 spiro atoms. The van der Waals surface area contributed by atoms with Gasteiger partial charge < -0.3 is 5.32 Å². The first kappa shape index (κ1) is 13.0. The molecule has 0 aromatic heterocycles. The number of benzene rings is 1. The highest BCUT2D eigenvalue weighted by atomic mass is 14.9. The van der Waals surface area contributed by atoms with Crippen LogP contribution in [-0.4, -0.2) is 7.05 Å². The molecule has 0 amide bonds. The summed E-state index contributed by atoms with van der Waals surface area (Å²) in [5.74, 6) is 0. The Morgan fingerprint density at radius 1 is 1.25 bits per heavy atom. The minimum Gasteiger partial charge on any atom is -0.313 e. The topological polar surface area (TPSA) is 12.0 Å². The van der Waals surface area contributed by atoms with E-state index in [2.05, 4.69) is 50.9 Å². The Morgan fingerprint density at radius 2 is 1.81 bits per heavy atom. The standard InChI is InChI=1S/C15H23N/c1-11(2)6-7-15(16-5)14-9-12(3)8-13(4)10-14/h8-10,15-16H,1,6-7H2,2-5H3. The Bertz CT molecular complexity index is 345. The molecule has 1 N–H and O–H groups in total. The molecule has 1 aromatic rings. The lowest BCUT2D eigenvalue weighted by atomic mass is 9.97. The van der Waals surface area contributed by atoms with Crippen LogP contribution in [0.25, 0.3) is 0 Å². The van der Waals surface area contributed by atoms with Gasteiger partial charge in [-0.15, -0.1) is 6.58 Å². The first-order chi connectivity index (χ1) is 7.52. The number of aryl methyl sites for hydroxylation is 2. The molecule has 0 radical (unpaired) electrons. The summed E-state index contributed by atoms with van der Waals surface area (Å²) in [6.07, 6.45) is 2.20. The number of hydrogen-bond acceptors (Lipinski definition) is 1. The summed E-state index contributed by atoms with van der Waals surface area (Å²) < 4.78 is 0. The van der Waals surface area contributed by atoms with Crippen LogP contribution in [0.1, 0.15) is 42.5 Å². The molecule has 1 nitrogen and oxygen atoms in total. The van der Waals surface area contributed by atoms with Crippen LogP contribution < -0.4 is 5.32 Å². The van der Waals surface area contributed by atoms with E-state index in [0.717, 1.165) is 12.8 Å². The van der Waals surface area contributed by atoms with Crippen molar-refractivity contribution in [2.24, 2.45) is 0 Å². The van der Waals surface area contributed by atoms with Gasteiger partial charge in [0, 0.05) is 6.04 Å². The van der Waals surface area contributed by atoms with Crippen LogP contribution in [0.4, 0.5) is 0 Å². The summed E-state index contributed by atoms with van der Waals surface area (Å²) in [5.41, 5.74) is 5.32. The summed E-state index contributed by atoms with van der Waals surface area (Å²) in [7, 11) is 2.03. The van der Waals surface area contributed by atoms with E-state index in [9.17, 15) is 0 Å². The van der Waals surface area contributed by atoms with Crippen molar-refractivity contribution >= 4 is 0 Å². The van der Waals surface area contributed by atoms with Crippen LogP contribution in [0.3, 0.4) is 0 Å². The summed E-state index contributed by atoms with van der Waals surface area (Å²) >= 11 is 0. The maximum absolute atomic E-state index is 3.96. The zero-order chi connectivity index (χ0) is 12.1. The van der Waals surface area contributed by atoms with Gasteiger partial charge in [-0.3, -0.25) is 0 Å². The fourth-order valence-electron chi connectivity index (χ4n) is 2.08. The Balaban J connectivity index is 2.81. The Hall–Kier alpha value is -1.08. The van der Waals surface area contributed by atoms with Crippen LogP contribution in [-0.2, 0) is 0 Å². The van der Waals surface area contributed by atoms with E-state index in [4.69, 9.17) is 0 Å². The second kappa shape index (κ2) is 5.86. The zero-order valence-electron chi connectivity index (χ0n) is 10.9. The molecule has 0 fully saturated rings. The van der Waals surface area contributed by atoms with Crippen LogP contribution in [0.5, 0.6) is 0 Å². The van der Waals surface area contributed by atoms with E-state index in [1.807, 2.05) is 7.05 Å². The van der Waals surface area contributed by atoms with Gasteiger partial charge in [-0.05, 0) is 46.2 Å². The third-order valence-electron chi connectivity index (χ3n) is 2.85. The van der Waals surface area contributed by atoms with Crippen LogP contribution in [0.15, 0.2) is 30.4 Å². The van der Waals surface area contributed by atoms with Gasteiger partial charge in [-0.2, -0.15) is 0 Å². The second-order valence-corrected chi connectivity index (χ2v) is 4.76. The zero-order valence-corrected chi connectivity index (χ0v) is 10.9. The van der Waals surface area contributed by atoms with Gasteiger partial charge in [0.05, 0.1) is 0 Å². The normalized spacial score (nSPS) is 12.5. The molecule has 1 heteroatoms. The average Bonchev–Trinajstić information content (AvgIpc) is 2.16. The highest BCUT2D eigenvalue weighted by Crippen LogP contribution is 2.22. The Morgan fingerprint density at radius 3 is 2.25 bits per heavy atom. The maximum atomic E-state index is 3.96. The largest absolute Gasteiger partial charge is 0.313 e. The summed E-state index contributed by atoms with van der Waals surface area (Å²) in [4.78, 5) is 0. The van der Waals surface area contributed by atoms with Crippen molar-refractivity contribution in [2.75, 3.05) is 7.05 Å². The molecule has 0 aliphatic rings. The number of nitrogens with one attached hydrogen (secondary N) is 1. The molecular weight excluding hydrogens is 194 g/mol. The molecule has 16 heavy (non-hydrogen) atoms. The van der Waals surface area contributed by atoms with E-state index in [-0.39, 0.29) is 0 Å². The van der Waals surface area contributed by atoms with Crippen LogP contribution in [0.2, 0.25) is 0 Å². The molecule has 0 saturated heterocycles. The molecule has 0 bridgehead atoms. The molecule has 1 rings (SSSR count). The van der Waals surface area contributed by atoms with Crippen LogP contribution in [0, 0.1) is 13.8 Å². The summed E-state index contributed by atoms with van der Waals surface area (Å²) in [5, 5.41) is 3.39. The molecule has 0 heterocycles. The summed E-state index contributed by atoms with van der Waals surface area (Å²) in [6, 6.07) is 7.20. The van der Waals surface area contributed by atoms with Crippen molar-refractivity contribution in [3.8, 4) is 0 Å². The van der Waals surface area contributed by atoms with Crippen molar-refractivity contribution in [3.05, 3.63) is 47.0 Å². The number of hydrogen-bond donors (Lipinski definition) is 1. The monoisotopic (exact) mass is 217 g/mol. The molecule has 0 saturated carbocycles. The lowest BCUT2D eigenvalue weighted by Gasteiger charge is -2.18. The minimum absolute atomic E-state index is 0.440. The predicted molar refractivity (Wildman–Crippen MR) is 71.8 cm³/mol. The highest BCUT2D eigenvalue weighted by molar-refractivity contribution is 5.30. The second-order valence-electron chi connectivity index (χ2n) is 4.76. The smallest absolute Gasteiger partial charge is 0.0320 e. The van der Waals surface area contributed by atoms with Crippen molar-refractivity contribution in [3.63, 3.8) is 0 Å². The van der Waals surface area contributed by atoms with Gasteiger partial charge in [0.25, 0.3) is 0 Å². The predicted octanol–water partition coefficient (Wildman–Crippen LogP) is 3.92. The average molecular weight is 217 g/mol.